The van der Waals surface area contributed by atoms with Gasteiger partial charge in [0.15, 0.2) is 0 Å². The molecule has 0 amide bonds. The van der Waals surface area contributed by atoms with Gasteiger partial charge in [0.1, 0.15) is 22.3 Å². The molecule has 0 fully saturated rings. The van der Waals surface area contributed by atoms with Crippen LogP contribution >= 0.6 is 0 Å². The molecule has 4 nitrogen and oxygen atoms in total. The summed E-state index contributed by atoms with van der Waals surface area (Å²) in [6.45, 7) is 9.50. The van der Waals surface area contributed by atoms with Crippen molar-refractivity contribution in [1.29, 1.82) is 0 Å². The Hall–Kier alpha value is -7.74. The summed E-state index contributed by atoms with van der Waals surface area (Å²) in [5, 5.41) is 4.50. The molecule has 0 radical (unpaired) electrons. The zero-order valence-electron chi connectivity index (χ0n) is 40.2. The van der Waals surface area contributed by atoms with Crippen molar-refractivity contribution in [3.05, 3.63) is 216 Å². The van der Waals surface area contributed by atoms with Crippen LogP contribution in [0.4, 0.5) is 22.7 Å². The highest BCUT2D eigenvalue weighted by atomic mass is 16.3. The Labute approximate surface area is 410 Å². The summed E-state index contributed by atoms with van der Waals surface area (Å²) in [6, 6.07) is 63.5. The fourth-order valence-electron chi connectivity index (χ4n) is 13.3. The van der Waals surface area contributed by atoms with E-state index in [1.54, 1.807) is 0 Å². The molecule has 0 bridgehead atoms. The highest BCUT2D eigenvalue weighted by Gasteiger charge is 2.54. The lowest BCUT2D eigenvalue weighted by Gasteiger charge is -2.37. The molecule has 3 heterocycles. The van der Waals surface area contributed by atoms with Crippen LogP contribution in [0.3, 0.4) is 0 Å². The molecule has 2 aromatic heterocycles. The lowest BCUT2D eigenvalue weighted by Crippen LogP contribution is -2.32. The van der Waals surface area contributed by atoms with Gasteiger partial charge in [0.2, 0.25) is 0 Å². The topological polar surface area (TPSA) is 32.8 Å². The van der Waals surface area contributed by atoms with Crippen LogP contribution in [-0.4, -0.2) is 12.1 Å². The molecule has 10 aromatic rings. The van der Waals surface area contributed by atoms with Crippen molar-refractivity contribution < 1.29 is 8.83 Å². The summed E-state index contributed by atoms with van der Waals surface area (Å²) >= 11 is 0. The van der Waals surface area contributed by atoms with Crippen molar-refractivity contribution in [3.8, 4) is 22.3 Å². The molecule has 4 heteroatoms. The standard InChI is InChI=1S/C66H54N2O2/c1-5-20-41(23-19-38-65(2,3)4)67(43-34-37-56-50(39-43)46-26-11-16-31-55(46)68(56)42-21-7-6-8-22-42)57-40-54-62(64-60(57)49-28-13-18-33-59(49)70-64)61-53(36-35-48-47-27-12-17-32-58(47)69-63(48)61)66(54)51-29-14-9-24-44(51)45-25-10-15-30-52(45)66/h6-9,11-18,21-22,24,26-37,39-41,46,55H,5,19-20,23,38H2,1-4H3. The van der Waals surface area contributed by atoms with E-state index in [0.717, 1.165) is 92.7 Å². The van der Waals surface area contributed by atoms with Gasteiger partial charge in [-0.05, 0) is 119 Å². The van der Waals surface area contributed by atoms with Crippen molar-refractivity contribution in [2.24, 2.45) is 5.41 Å². The van der Waals surface area contributed by atoms with E-state index in [0.29, 0.717) is 0 Å². The molecule has 1 spiro atoms. The first-order valence-corrected chi connectivity index (χ1v) is 25.4. The fraction of sp³-hybridized carbons (Fsp3) is 0.212. The van der Waals surface area contributed by atoms with E-state index in [-0.39, 0.29) is 23.4 Å². The predicted molar refractivity (Wildman–Crippen MR) is 289 cm³/mol. The SMILES string of the molecule is CCCC(CCCC(C)(C)C)N(c1ccc2c(c1)C1C=CC=CC1N2c1ccccc1)c1cc2c(c3oc4ccccc4c13)-c1c(ccc3c1oc1ccccc13)C21c2ccc#cc2-c2ccccc21. The first-order valence-electron chi connectivity index (χ1n) is 25.4. The van der Waals surface area contributed by atoms with Gasteiger partial charge in [0, 0.05) is 61.9 Å². The van der Waals surface area contributed by atoms with Gasteiger partial charge in [-0.1, -0.05) is 168 Å². The number of allylic oxidation sites excluding steroid dienone is 2. The van der Waals surface area contributed by atoms with Crippen LogP contribution in [0.2, 0.25) is 0 Å². The number of furan rings is 2. The number of fused-ring (bicyclic) bond motifs is 21. The molecule has 4 unspecified atom stereocenters. The van der Waals surface area contributed by atoms with E-state index >= 15 is 0 Å². The molecule has 4 aliphatic rings. The predicted octanol–water partition coefficient (Wildman–Crippen LogP) is 17.7. The highest BCUT2D eigenvalue weighted by Crippen LogP contribution is 2.66. The average Bonchev–Trinajstić information content (AvgIpc) is 4.18. The van der Waals surface area contributed by atoms with Crippen molar-refractivity contribution in [2.75, 3.05) is 9.80 Å². The molecule has 4 atom stereocenters. The summed E-state index contributed by atoms with van der Waals surface area (Å²) in [5.74, 6) is 0.214. The lowest BCUT2D eigenvalue weighted by atomic mass is 9.70. The molecule has 14 rings (SSSR count). The van der Waals surface area contributed by atoms with Crippen LogP contribution in [0.15, 0.2) is 185 Å². The van der Waals surface area contributed by atoms with Gasteiger partial charge >= 0.3 is 0 Å². The molecule has 1 aliphatic heterocycles. The van der Waals surface area contributed by atoms with Crippen LogP contribution in [0, 0.1) is 17.5 Å². The van der Waals surface area contributed by atoms with Gasteiger partial charge in [-0.15, -0.1) is 0 Å². The van der Waals surface area contributed by atoms with E-state index in [2.05, 4.69) is 226 Å². The van der Waals surface area contributed by atoms with Crippen LogP contribution in [0.25, 0.3) is 66.1 Å². The average molecular weight is 907 g/mol. The van der Waals surface area contributed by atoms with Crippen LogP contribution in [-0.2, 0) is 5.41 Å². The molecule has 0 N–H and O–H groups in total. The number of nitrogens with zero attached hydrogens (tertiary/aromatic N) is 2. The summed E-state index contributed by atoms with van der Waals surface area (Å²) in [6.07, 6.45) is 14.7. The third kappa shape index (κ3) is 5.79. The van der Waals surface area contributed by atoms with E-state index in [1.807, 2.05) is 0 Å². The zero-order valence-corrected chi connectivity index (χ0v) is 40.2. The number of hydrogen-bond acceptors (Lipinski definition) is 4. The Kier molecular flexibility index (Phi) is 9.06. The first kappa shape index (κ1) is 41.3. The second-order valence-electron chi connectivity index (χ2n) is 21.3. The molecular weight excluding hydrogens is 853 g/mol. The Balaban J connectivity index is 1.10. The van der Waals surface area contributed by atoms with Crippen LogP contribution in [0.1, 0.15) is 93.5 Å². The van der Waals surface area contributed by atoms with Crippen molar-refractivity contribution in [2.45, 2.75) is 83.2 Å². The number of para-hydroxylation sites is 3. The maximum atomic E-state index is 7.45. The highest BCUT2D eigenvalue weighted by molar-refractivity contribution is 6.22. The minimum absolute atomic E-state index is 0.193. The van der Waals surface area contributed by atoms with Gasteiger partial charge in [0.25, 0.3) is 0 Å². The van der Waals surface area contributed by atoms with Gasteiger partial charge in [-0.3, -0.25) is 0 Å². The minimum atomic E-state index is -0.685. The summed E-state index contributed by atoms with van der Waals surface area (Å²) in [4.78, 5) is 5.31. The quantitative estimate of drug-likeness (QED) is 0.144. The van der Waals surface area contributed by atoms with Gasteiger partial charge in [0.05, 0.1) is 22.5 Å². The van der Waals surface area contributed by atoms with E-state index in [4.69, 9.17) is 8.83 Å². The van der Waals surface area contributed by atoms with Crippen molar-refractivity contribution in [1.82, 2.24) is 0 Å². The minimum Gasteiger partial charge on any atom is -0.455 e. The maximum Gasteiger partial charge on any atom is 0.145 e. The summed E-state index contributed by atoms with van der Waals surface area (Å²) in [5.41, 5.74) is 18.8. The molecule has 340 valence electrons. The van der Waals surface area contributed by atoms with Crippen LogP contribution in [0.5, 0.6) is 0 Å². The van der Waals surface area contributed by atoms with Gasteiger partial charge in [-0.25, -0.2) is 0 Å². The maximum absolute atomic E-state index is 7.45. The molecule has 8 aromatic carbocycles. The van der Waals surface area contributed by atoms with Crippen molar-refractivity contribution in [3.63, 3.8) is 0 Å². The Morgan fingerprint density at radius 1 is 0.671 bits per heavy atom. The molecular formula is C66H54N2O2. The normalized spacial score (nSPS) is 17.2. The Morgan fingerprint density at radius 2 is 1.41 bits per heavy atom. The number of anilines is 4. The lowest BCUT2D eigenvalue weighted by molar-refractivity contribution is 0.349. The number of benzene rings is 7. The largest absolute Gasteiger partial charge is 0.455 e. The molecule has 3 aliphatic carbocycles. The van der Waals surface area contributed by atoms with E-state index in [1.165, 1.54) is 56.1 Å². The first-order chi connectivity index (χ1) is 34.3. The molecule has 0 saturated carbocycles. The third-order valence-corrected chi connectivity index (χ3v) is 16.1. The number of rotatable bonds is 9. The Bertz CT molecular complexity index is 3760. The monoisotopic (exact) mass is 906 g/mol. The zero-order chi connectivity index (χ0) is 46.9. The van der Waals surface area contributed by atoms with E-state index < -0.39 is 5.41 Å². The second-order valence-corrected chi connectivity index (χ2v) is 21.3. The van der Waals surface area contributed by atoms with Gasteiger partial charge < -0.3 is 18.6 Å². The van der Waals surface area contributed by atoms with Gasteiger partial charge in [-0.2, -0.15) is 0 Å². The second kappa shape index (κ2) is 15.4. The third-order valence-electron chi connectivity index (χ3n) is 16.1. The van der Waals surface area contributed by atoms with E-state index in [9.17, 15) is 0 Å². The summed E-state index contributed by atoms with van der Waals surface area (Å²) < 4.78 is 14.5. The summed E-state index contributed by atoms with van der Waals surface area (Å²) in [7, 11) is 0. The van der Waals surface area contributed by atoms with Crippen LogP contribution < -0.4 is 9.80 Å². The molecule has 0 saturated heterocycles. The molecule has 70 heavy (non-hydrogen) atoms. The smallest absolute Gasteiger partial charge is 0.145 e. The van der Waals surface area contributed by atoms with Crippen molar-refractivity contribution >= 4 is 66.6 Å². The number of hydrogen-bond donors (Lipinski definition) is 0. The Morgan fingerprint density at radius 3 is 2.26 bits per heavy atom. The fourth-order valence-corrected chi connectivity index (χ4v) is 13.3.